The number of esters is 1. The van der Waals surface area contributed by atoms with Crippen molar-refractivity contribution >= 4 is 11.8 Å². The lowest BCUT2D eigenvalue weighted by atomic mass is 10.0. The molecule has 23 heavy (non-hydrogen) atoms. The van der Waals surface area contributed by atoms with Crippen LogP contribution < -0.4 is 5.32 Å². The number of carbonyl (C=O) groups excluding carboxylic acids is 2. The molecule has 1 rings (SSSR count). The second kappa shape index (κ2) is 9.32. The predicted molar refractivity (Wildman–Crippen MR) is 82.3 cm³/mol. The second-order valence-electron chi connectivity index (χ2n) is 5.31. The summed E-state index contributed by atoms with van der Waals surface area (Å²) in [5, 5.41) is 2.96. The van der Waals surface area contributed by atoms with Gasteiger partial charge < -0.3 is 15.0 Å². The van der Waals surface area contributed by atoms with E-state index in [0.29, 0.717) is 13.1 Å². The van der Waals surface area contributed by atoms with Crippen molar-refractivity contribution in [2.75, 3.05) is 33.8 Å². The smallest absolute Gasteiger partial charge is 0.307 e. The molecule has 1 aromatic carbocycles. The summed E-state index contributed by atoms with van der Waals surface area (Å²) in [6.45, 7) is 3.00. The Morgan fingerprint density at radius 2 is 1.96 bits per heavy atom. The number of benzene rings is 1. The summed E-state index contributed by atoms with van der Waals surface area (Å²) < 4.78 is 31.1. The molecule has 1 atom stereocenters. The van der Waals surface area contributed by atoms with Gasteiger partial charge in [-0.1, -0.05) is 0 Å². The van der Waals surface area contributed by atoms with Gasteiger partial charge in [0.1, 0.15) is 0 Å². The number of hydrogen-bond donors (Lipinski definition) is 1. The van der Waals surface area contributed by atoms with E-state index in [2.05, 4.69) is 5.32 Å². The van der Waals surface area contributed by atoms with Crippen LogP contribution in [-0.4, -0.2) is 56.5 Å². The predicted octanol–water partition coefficient (Wildman–Crippen LogP) is 1.62. The Morgan fingerprint density at radius 1 is 1.26 bits per heavy atom. The van der Waals surface area contributed by atoms with E-state index in [0.717, 1.165) is 12.1 Å². The van der Waals surface area contributed by atoms with Crippen LogP contribution in [0.25, 0.3) is 0 Å². The average Bonchev–Trinajstić information content (AvgIpc) is 2.48. The number of nitrogens with zero attached hydrogens (tertiary/aromatic N) is 1. The molecule has 0 bridgehead atoms. The minimum Gasteiger partial charge on any atom is -0.466 e. The molecule has 0 aliphatic rings. The maximum Gasteiger partial charge on any atom is 0.307 e. The standard InChI is InChI=1S/C16H22F2N2O3/c1-4-23-15(21)10-14(19-7-8-20(2)3)16(22)11-5-6-12(17)13(18)9-11/h5-6,9,14,19H,4,7-8,10H2,1-3H3. The van der Waals surface area contributed by atoms with E-state index >= 15 is 0 Å². The zero-order valence-electron chi connectivity index (χ0n) is 13.6. The lowest BCUT2D eigenvalue weighted by Gasteiger charge is -2.18. The van der Waals surface area contributed by atoms with E-state index in [-0.39, 0.29) is 18.6 Å². The lowest BCUT2D eigenvalue weighted by Crippen LogP contribution is -2.42. The molecule has 128 valence electrons. The number of carbonyl (C=O) groups is 2. The Hall–Kier alpha value is -1.86. The molecular formula is C16H22F2N2O3. The number of hydrogen-bond acceptors (Lipinski definition) is 5. The van der Waals surface area contributed by atoms with Crippen molar-refractivity contribution in [2.45, 2.75) is 19.4 Å². The highest BCUT2D eigenvalue weighted by Gasteiger charge is 2.24. The van der Waals surface area contributed by atoms with Gasteiger partial charge in [0, 0.05) is 18.7 Å². The fraction of sp³-hybridized carbons (Fsp3) is 0.500. The summed E-state index contributed by atoms with van der Waals surface area (Å²) in [5.41, 5.74) is 0.00977. The van der Waals surface area contributed by atoms with Crippen LogP contribution in [-0.2, 0) is 9.53 Å². The number of rotatable bonds is 9. The van der Waals surface area contributed by atoms with Gasteiger partial charge in [0.2, 0.25) is 0 Å². The van der Waals surface area contributed by atoms with Crippen molar-refractivity contribution in [1.82, 2.24) is 10.2 Å². The maximum atomic E-state index is 13.3. The van der Waals surface area contributed by atoms with Gasteiger partial charge in [0.05, 0.1) is 19.1 Å². The second-order valence-corrected chi connectivity index (χ2v) is 5.31. The molecule has 0 spiro atoms. The third kappa shape index (κ3) is 6.42. The van der Waals surface area contributed by atoms with Gasteiger partial charge in [0.25, 0.3) is 0 Å². The molecule has 0 heterocycles. The highest BCUT2D eigenvalue weighted by molar-refractivity contribution is 6.01. The Morgan fingerprint density at radius 3 is 2.52 bits per heavy atom. The van der Waals surface area contributed by atoms with Gasteiger partial charge in [-0.3, -0.25) is 9.59 Å². The molecule has 0 saturated heterocycles. The molecule has 0 saturated carbocycles. The molecule has 0 amide bonds. The molecule has 1 N–H and O–H groups in total. The SMILES string of the molecule is CCOC(=O)CC(NCCN(C)C)C(=O)c1ccc(F)c(F)c1. The fourth-order valence-corrected chi connectivity index (χ4v) is 1.96. The van der Waals surface area contributed by atoms with Crippen molar-refractivity contribution in [1.29, 1.82) is 0 Å². The molecule has 0 aliphatic heterocycles. The van der Waals surface area contributed by atoms with E-state index < -0.39 is 29.4 Å². The molecule has 0 radical (unpaired) electrons. The third-order valence-electron chi connectivity index (χ3n) is 3.15. The van der Waals surface area contributed by atoms with Crippen LogP contribution in [0.5, 0.6) is 0 Å². The Kier molecular flexibility index (Phi) is 7.77. The number of halogens is 2. The van der Waals surface area contributed by atoms with Crippen molar-refractivity contribution < 1.29 is 23.1 Å². The summed E-state index contributed by atoms with van der Waals surface area (Å²) >= 11 is 0. The molecule has 5 nitrogen and oxygen atoms in total. The van der Waals surface area contributed by atoms with Crippen LogP contribution in [0.4, 0.5) is 8.78 Å². The quantitative estimate of drug-likeness (QED) is 0.551. The van der Waals surface area contributed by atoms with E-state index in [1.54, 1.807) is 6.92 Å². The minimum atomic E-state index is -1.10. The largest absolute Gasteiger partial charge is 0.466 e. The van der Waals surface area contributed by atoms with Crippen LogP contribution in [0, 0.1) is 11.6 Å². The number of nitrogens with one attached hydrogen (secondary N) is 1. The van der Waals surface area contributed by atoms with Gasteiger partial charge in [-0.25, -0.2) is 8.78 Å². The molecular weight excluding hydrogens is 306 g/mol. The van der Waals surface area contributed by atoms with Crippen molar-refractivity contribution in [3.8, 4) is 0 Å². The minimum absolute atomic E-state index is 0.00977. The van der Waals surface area contributed by atoms with E-state index in [4.69, 9.17) is 4.74 Å². The van der Waals surface area contributed by atoms with Gasteiger partial charge in [-0.15, -0.1) is 0 Å². The number of ether oxygens (including phenoxy) is 1. The number of Topliss-reactive ketones (excluding diaryl/α,β-unsaturated/α-hetero) is 1. The van der Waals surface area contributed by atoms with Gasteiger partial charge in [-0.2, -0.15) is 0 Å². The summed E-state index contributed by atoms with van der Waals surface area (Å²) in [7, 11) is 3.75. The number of ketones is 1. The zero-order chi connectivity index (χ0) is 17.4. The summed E-state index contributed by atoms with van der Waals surface area (Å²) in [6.07, 6.45) is -0.168. The van der Waals surface area contributed by atoms with E-state index in [1.807, 2.05) is 19.0 Å². The van der Waals surface area contributed by atoms with Crippen LogP contribution >= 0.6 is 0 Å². The van der Waals surface area contributed by atoms with Gasteiger partial charge in [-0.05, 0) is 39.2 Å². The molecule has 1 unspecified atom stereocenters. The summed E-state index contributed by atoms with van der Waals surface area (Å²) in [6, 6.07) is 2.08. The monoisotopic (exact) mass is 328 g/mol. The summed E-state index contributed by atoms with van der Waals surface area (Å²) in [4.78, 5) is 26.0. The van der Waals surface area contributed by atoms with Crippen molar-refractivity contribution in [2.24, 2.45) is 0 Å². The molecule has 0 aliphatic carbocycles. The van der Waals surface area contributed by atoms with Crippen LogP contribution in [0.2, 0.25) is 0 Å². The molecule has 0 fully saturated rings. The number of likely N-dealkylation sites (N-methyl/N-ethyl adjacent to an activating group) is 1. The normalized spacial score (nSPS) is 12.3. The van der Waals surface area contributed by atoms with Crippen LogP contribution in [0.15, 0.2) is 18.2 Å². The first kappa shape index (κ1) is 19.2. The first-order chi connectivity index (χ1) is 10.8. The van der Waals surface area contributed by atoms with E-state index in [1.165, 1.54) is 6.07 Å². The first-order valence-electron chi connectivity index (χ1n) is 7.38. The first-order valence-corrected chi connectivity index (χ1v) is 7.38. The highest BCUT2D eigenvalue weighted by atomic mass is 19.2. The fourth-order valence-electron chi connectivity index (χ4n) is 1.96. The Balaban J connectivity index is 2.84. The lowest BCUT2D eigenvalue weighted by molar-refractivity contribution is -0.143. The highest BCUT2D eigenvalue weighted by Crippen LogP contribution is 2.12. The Bertz CT molecular complexity index is 550. The van der Waals surface area contributed by atoms with Crippen molar-refractivity contribution in [3.05, 3.63) is 35.4 Å². The molecule has 1 aromatic rings. The van der Waals surface area contributed by atoms with Gasteiger partial charge in [0.15, 0.2) is 17.4 Å². The molecule has 0 aromatic heterocycles. The molecule has 7 heteroatoms. The maximum absolute atomic E-state index is 13.3. The van der Waals surface area contributed by atoms with Crippen LogP contribution in [0.1, 0.15) is 23.7 Å². The van der Waals surface area contributed by atoms with Crippen LogP contribution in [0.3, 0.4) is 0 Å². The zero-order valence-corrected chi connectivity index (χ0v) is 13.6. The van der Waals surface area contributed by atoms with Gasteiger partial charge >= 0.3 is 5.97 Å². The van der Waals surface area contributed by atoms with Crippen molar-refractivity contribution in [3.63, 3.8) is 0 Å². The summed E-state index contributed by atoms with van der Waals surface area (Å²) in [5.74, 6) is -3.12. The van der Waals surface area contributed by atoms with E-state index in [9.17, 15) is 18.4 Å². The average molecular weight is 328 g/mol. The Labute approximate surface area is 134 Å². The third-order valence-corrected chi connectivity index (χ3v) is 3.15. The topological polar surface area (TPSA) is 58.6 Å².